The van der Waals surface area contributed by atoms with Crippen molar-refractivity contribution in [1.29, 1.82) is 0 Å². The number of thioether (sulfide) groups is 1. The van der Waals surface area contributed by atoms with Gasteiger partial charge in [0.05, 0.1) is 0 Å². The van der Waals surface area contributed by atoms with Gasteiger partial charge >= 0.3 is 0 Å². The summed E-state index contributed by atoms with van der Waals surface area (Å²) in [6.07, 6.45) is 5.83. The zero-order chi connectivity index (χ0) is 13.7. The molecule has 19 heavy (non-hydrogen) atoms. The minimum absolute atomic E-state index is 0.492. The molecule has 0 aromatic heterocycles. The Bertz CT molecular complexity index is 396. The second-order valence-corrected chi connectivity index (χ2v) is 6.96. The van der Waals surface area contributed by atoms with Gasteiger partial charge < -0.3 is 5.32 Å². The van der Waals surface area contributed by atoms with E-state index < -0.39 is 0 Å². The van der Waals surface area contributed by atoms with E-state index in [1.54, 1.807) is 0 Å². The van der Waals surface area contributed by atoms with Gasteiger partial charge in [-0.05, 0) is 56.5 Å². The van der Waals surface area contributed by atoms with Gasteiger partial charge in [-0.1, -0.05) is 36.6 Å². The minimum Gasteiger partial charge on any atom is -0.312 e. The maximum atomic E-state index is 3.49. The molecule has 1 aliphatic carbocycles. The SMILES string of the molecule is CNC(CSCC1CCCC1)c1cc(C)ccc1C. The highest BCUT2D eigenvalue weighted by Gasteiger charge is 2.17. The molecule has 0 amide bonds. The molecule has 1 nitrogen and oxygen atoms in total. The van der Waals surface area contributed by atoms with Gasteiger partial charge in [-0.2, -0.15) is 11.8 Å². The molecular formula is C17H27NS. The van der Waals surface area contributed by atoms with Crippen LogP contribution < -0.4 is 5.32 Å². The first-order chi connectivity index (χ1) is 9.20. The molecule has 2 heteroatoms. The molecular weight excluding hydrogens is 250 g/mol. The van der Waals surface area contributed by atoms with E-state index >= 15 is 0 Å². The van der Waals surface area contributed by atoms with Crippen LogP contribution in [0.1, 0.15) is 48.4 Å². The zero-order valence-corrected chi connectivity index (χ0v) is 13.4. The molecule has 0 aliphatic heterocycles. The number of nitrogens with one attached hydrogen (secondary N) is 1. The normalized spacial score (nSPS) is 17.8. The van der Waals surface area contributed by atoms with Gasteiger partial charge in [0.15, 0.2) is 0 Å². The van der Waals surface area contributed by atoms with Gasteiger partial charge in [-0.15, -0.1) is 0 Å². The van der Waals surface area contributed by atoms with Gasteiger partial charge in [0.1, 0.15) is 0 Å². The fourth-order valence-corrected chi connectivity index (χ4v) is 4.38. The van der Waals surface area contributed by atoms with E-state index in [-0.39, 0.29) is 0 Å². The Morgan fingerprint density at radius 2 is 2.00 bits per heavy atom. The van der Waals surface area contributed by atoms with E-state index in [9.17, 15) is 0 Å². The highest BCUT2D eigenvalue weighted by atomic mass is 32.2. The maximum absolute atomic E-state index is 3.49. The van der Waals surface area contributed by atoms with Crippen molar-refractivity contribution in [3.63, 3.8) is 0 Å². The van der Waals surface area contributed by atoms with Gasteiger partial charge in [0.25, 0.3) is 0 Å². The van der Waals surface area contributed by atoms with Crippen LogP contribution in [0.25, 0.3) is 0 Å². The number of aryl methyl sites for hydroxylation is 2. The summed E-state index contributed by atoms with van der Waals surface area (Å²) in [4.78, 5) is 0. The maximum Gasteiger partial charge on any atom is 0.0412 e. The third-order valence-electron chi connectivity index (χ3n) is 4.27. The lowest BCUT2D eigenvalue weighted by atomic mass is 10.0. The summed E-state index contributed by atoms with van der Waals surface area (Å²) in [6.45, 7) is 4.40. The Kier molecular flexibility index (Phi) is 5.77. The summed E-state index contributed by atoms with van der Waals surface area (Å²) in [6, 6.07) is 7.28. The average Bonchev–Trinajstić information content (AvgIpc) is 2.91. The Morgan fingerprint density at radius 1 is 1.26 bits per heavy atom. The summed E-state index contributed by atoms with van der Waals surface area (Å²) < 4.78 is 0. The van der Waals surface area contributed by atoms with E-state index in [0.717, 1.165) is 5.92 Å². The monoisotopic (exact) mass is 277 g/mol. The first-order valence-corrected chi connectivity index (χ1v) is 8.68. The first kappa shape index (κ1) is 14.9. The second-order valence-electron chi connectivity index (χ2n) is 5.89. The molecule has 2 rings (SSSR count). The molecule has 1 aromatic carbocycles. The number of rotatable bonds is 6. The van der Waals surface area contributed by atoms with Crippen molar-refractivity contribution in [2.24, 2.45) is 5.92 Å². The predicted molar refractivity (Wildman–Crippen MR) is 87.0 cm³/mol. The molecule has 0 spiro atoms. The lowest BCUT2D eigenvalue weighted by molar-refractivity contribution is 0.618. The Morgan fingerprint density at radius 3 is 2.68 bits per heavy atom. The summed E-state index contributed by atoms with van der Waals surface area (Å²) in [5, 5.41) is 3.49. The van der Waals surface area contributed by atoms with Gasteiger partial charge in [0.2, 0.25) is 0 Å². The van der Waals surface area contributed by atoms with Crippen molar-refractivity contribution in [1.82, 2.24) is 5.32 Å². The topological polar surface area (TPSA) is 12.0 Å². The van der Waals surface area contributed by atoms with E-state index in [0.29, 0.717) is 6.04 Å². The smallest absolute Gasteiger partial charge is 0.0412 e. The van der Waals surface area contributed by atoms with Crippen molar-refractivity contribution in [3.8, 4) is 0 Å². The van der Waals surface area contributed by atoms with Gasteiger partial charge in [-0.3, -0.25) is 0 Å². The minimum atomic E-state index is 0.492. The molecule has 0 bridgehead atoms. The fourth-order valence-electron chi connectivity index (χ4n) is 2.99. The van der Waals surface area contributed by atoms with E-state index in [1.165, 1.54) is 53.9 Å². The number of hydrogen-bond acceptors (Lipinski definition) is 2. The molecule has 1 N–H and O–H groups in total. The van der Waals surface area contributed by atoms with Gasteiger partial charge in [-0.25, -0.2) is 0 Å². The quantitative estimate of drug-likeness (QED) is 0.822. The molecule has 1 aromatic rings. The molecule has 0 radical (unpaired) electrons. The summed E-state index contributed by atoms with van der Waals surface area (Å²) in [5.41, 5.74) is 4.24. The largest absolute Gasteiger partial charge is 0.312 e. The zero-order valence-electron chi connectivity index (χ0n) is 12.5. The van der Waals surface area contributed by atoms with Crippen LogP contribution in [0.2, 0.25) is 0 Å². The van der Waals surface area contributed by atoms with Crippen LogP contribution in [0.15, 0.2) is 18.2 Å². The van der Waals surface area contributed by atoms with Crippen LogP contribution in [0.5, 0.6) is 0 Å². The Hall–Kier alpha value is -0.470. The van der Waals surface area contributed by atoms with E-state index in [4.69, 9.17) is 0 Å². The molecule has 1 atom stereocenters. The predicted octanol–water partition coefficient (Wildman–Crippen LogP) is 4.49. The van der Waals surface area contributed by atoms with Crippen molar-refractivity contribution in [2.45, 2.75) is 45.6 Å². The van der Waals surface area contributed by atoms with Crippen LogP contribution in [0, 0.1) is 19.8 Å². The lowest BCUT2D eigenvalue weighted by Crippen LogP contribution is -2.20. The van der Waals surface area contributed by atoms with E-state index in [1.807, 2.05) is 0 Å². The van der Waals surface area contributed by atoms with Crippen molar-refractivity contribution >= 4 is 11.8 Å². The third kappa shape index (κ3) is 4.25. The highest BCUT2D eigenvalue weighted by molar-refractivity contribution is 7.99. The molecule has 0 heterocycles. The molecule has 1 fully saturated rings. The van der Waals surface area contributed by atoms with Crippen LogP contribution >= 0.6 is 11.8 Å². The Labute approximate surface area is 122 Å². The van der Waals surface area contributed by atoms with E-state index in [2.05, 4.69) is 56.2 Å². The molecule has 1 aliphatic rings. The van der Waals surface area contributed by atoms with Crippen molar-refractivity contribution in [3.05, 3.63) is 34.9 Å². The van der Waals surface area contributed by atoms with Crippen LogP contribution in [-0.4, -0.2) is 18.6 Å². The average molecular weight is 277 g/mol. The molecule has 1 saturated carbocycles. The first-order valence-electron chi connectivity index (χ1n) is 7.53. The fraction of sp³-hybridized carbons (Fsp3) is 0.647. The lowest BCUT2D eigenvalue weighted by Gasteiger charge is -2.20. The number of hydrogen-bond donors (Lipinski definition) is 1. The molecule has 0 saturated heterocycles. The van der Waals surface area contributed by atoms with Crippen LogP contribution in [0.4, 0.5) is 0 Å². The van der Waals surface area contributed by atoms with Crippen LogP contribution in [-0.2, 0) is 0 Å². The third-order valence-corrected chi connectivity index (χ3v) is 5.55. The van der Waals surface area contributed by atoms with Crippen molar-refractivity contribution < 1.29 is 0 Å². The highest BCUT2D eigenvalue weighted by Crippen LogP contribution is 2.30. The van der Waals surface area contributed by atoms with Crippen molar-refractivity contribution in [2.75, 3.05) is 18.6 Å². The summed E-state index contributed by atoms with van der Waals surface area (Å²) in [5.74, 6) is 3.53. The molecule has 106 valence electrons. The second kappa shape index (κ2) is 7.35. The Balaban J connectivity index is 1.89. The summed E-state index contributed by atoms with van der Waals surface area (Å²) in [7, 11) is 2.09. The molecule has 1 unspecified atom stereocenters. The standard InChI is InChI=1S/C17H27NS/c1-13-8-9-14(2)16(10-13)17(18-3)12-19-11-15-6-4-5-7-15/h8-10,15,17-18H,4-7,11-12H2,1-3H3. The van der Waals surface area contributed by atoms with Gasteiger partial charge in [0, 0.05) is 11.8 Å². The summed E-state index contributed by atoms with van der Waals surface area (Å²) >= 11 is 2.13. The number of benzene rings is 1. The van der Waals surface area contributed by atoms with Crippen LogP contribution in [0.3, 0.4) is 0 Å².